The molecule has 0 bridgehead atoms. The zero-order chi connectivity index (χ0) is 24.5. The van der Waals surface area contributed by atoms with Crippen LogP contribution < -0.4 is 0 Å². The van der Waals surface area contributed by atoms with Crippen LogP contribution in [0.5, 0.6) is 0 Å². The Morgan fingerprint density at radius 3 is 2.47 bits per heavy atom. The van der Waals surface area contributed by atoms with E-state index in [4.69, 9.17) is 4.98 Å². The van der Waals surface area contributed by atoms with Gasteiger partial charge in [-0.3, -0.25) is 4.79 Å². The van der Waals surface area contributed by atoms with Crippen molar-refractivity contribution in [3.63, 3.8) is 0 Å². The Morgan fingerprint density at radius 2 is 1.82 bits per heavy atom. The van der Waals surface area contributed by atoms with Crippen LogP contribution in [-0.2, 0) is 16.8 Å². The van der Waals surface area contributed by atoms with Crippen molar-refractivity contribution in [1.82, 2.24) is 24.6 Å². The third-order valence-electron chi connectivity index (χ3n) is 6.01. The van der Waals surface area contributed by atoms with Crippen LogP contribution in [0.3, 0.4) is 0 Å². The smallest absolute Gasteiger partial charge is 0.233 e. The van der Waals surface area contributed by atoms with E-state index < -0.39 is 0 Å². The summed E-state index contributed by atoms with van der Waals surface area (Å²) in [7, 11) is 1.84. The number of para-hydroxylation sites is 1. The molecule has 0 aliphatic rings. The Morgan fingerprint density at radius 1 is 1.12 bits per heavy atom. The quantitative estimate of drug-likeness (QED) is 0.288. The average molecular weight is 494 g/mol. The van der Waals surface area contributed by atoms with Crippen molar-refractivity contribution in [2.75, 3.05) is 12.8 Å². The standard InChI is InChI=1S/C26H31N5OS2/c1-7-31-23(18-12-14-19(15-13-18)26(3,4)5)28-29-25(31)33-16-22(32)30(6)17(2)24-27-20-10-8-9-11-21(20)34-24/h8-15,17H,7,16H2,1-6H3/t17-/m1/s1. The molecular weight excluding hydrogens is 462 g/mol. The molecular formula is C26H31N5OS2. The number of carbonyl (C=O) groups is 1. The molecule has 4 rings (SSSR count). The van der Waals surface area contributed by atoms with Crippen LogP contribution in [0.2, 0.25) is 0 Å². The molecule has 6 nitrogen and oxygen atoms in total. The lowest BCUT2D eigenvalue weighted by Crippen LogP contribution is -2.31. The number of thioether (sulfide) groups is 1. The molecule has 2 aromatic carbocycles. The van der Waals surface area contributed by atoms with E-state index in [0.29, 0.717) is 5.75 Å². The second kappa shape index (κ2) is 9.88. The van der Waals surface area contributed by atoms with Gasteiger partial charge >= 0.3 is 0 Å². The predicted octanol–water partition coefficient (Wildman–Crippen LogP) is 6.18. The lowest BCUT2D eigenvalue weighted by molar-refractivity contribution is -0.128. The first kappa shape index (κ1) is 24.4. The van der Waals surface area contributed by atoms with Crippen molar-refractivity contribution in [2.45, 2.75) is 57.8 Å². The minimum Gasteiger partial charge on any atom is -0.336 e. The Bertz CT molecular complexity index is 1250. The van der Waals surface area contributed by atoms with Gasteiger partial charge < -0.3 is 9.47 Å². The maximum absolute atomic E-state index is 13.0. The summed E-state index contributed by atoms with van der Waals surface area (Å²) in [4.78, 5) is 19.5. The van der Waals surface area contributed by atoms with Crippen LogP contribution in [0.25, 0.3) is 21.6 Å². The topological polar surface area (TPSA) is 63.9 Å². The lowest BCUT2D eigenvalue weighted by atomic mass is 9.87. The van der Waals surface area contributed by atoms with E-state index in [0.717, 1.165) is 38.3 Å². The van der Waals surface area contributed by atoms with Crippen molar-refractivity contribution >= 4 is 39.2 Å². The molecule has 0 radical (unpaired) electrons. The van der Waals surface area contributed by atoms with Crippen molar-refractivity contribution in [3.05, 3.63) is 59.1 Å². The summed E-state index contributed by atoms with van der Waals surface area (Å²) in [5, 5.41) is 10.5. The Balaban J connectivity index is 1.44. The number of nitrogens with zero attached hydrogens (tertiary/aromatic N) is 5. The monoisotopic (exact) mass is 493 g/mol. The molecule has 0 saturated heterocycles. The van der Waals surface area contributed by atoms with Gasteiger partial charge in [0.1, 0.15) is 5.01 Å². The summed E-state index contributed by atoms with van der Waals surface area (Å²) in [6.07, 6.45) is 0. The molecule has 2 heterocycles. The number of rotatable bonds is 7. The number of hydrogen-bond donors (Lipinski definition) is 0. The highest BCUT2D eigenvalue weighted by molar-refractivity contribution is 7.99. The molecule has 0 N–H and O–H groups in total. The van der Waals surface area contributed by atoms with Gasteiger partial charge in [0.2, 0.25) is 5.91 Å². The normalized spacial score (nSPS) is 12.8. The van der Waals surface area contributed by atoms with E-state index >= 15 is 0 Å². The first-order valence-electron chi connectivity index (χ1n) is 11.5. The molecule has 0 aliphatic carbocycles. The molecule has 1 amide bonds. The van der Waals surface area contributed by atoms with Gasteiger partial charge in [-0.2, -0.15) is 0 Å². The molecule has 1 atom stereocenters. The fourth-order valence-corrected chi connectivity index (χ4v) is 5.68. The molecule has 34 heavy (non-hydrogen) atoms. The summed E-state index contributed by atoms with van der Waals surface area (Å²) in [6, 6.07) is 16.5. The number of hydrogen-bond acceptors (Lipinski definition) is 6. The van der Waals surface area contributed by atoms with Crippen LogP contribution >= 0.6 is 23.1 Å². The fraction of sp³-hybridized carbons (Fsp3) is 0.385. The summed E-state index contributed by atoms with van der Waals surface area (Å²) >= 11 is 3.07. The minimum absolute atomic E-state index is 0.0403. The van der Waals surface area contributed by atoms with Crippen LogP contribution in [-0.4, -0.2) is 43.4 Å². The van der Waals surface area contributed by atoms with Crippen LogP contribution in [0.4, 0.5) is 0 Å². The van der Waals surface area contributed by atoms with E-state index in [-0.39, 0.29) is 17.4 Å². The van der Waals surface area contributed by atoms with E-state index in [2.05, 4.69) is 72.8 Å². The molecule has 0 aliphatic heterocycles. The fourth-order valence-electron chi connectivity index (χ4n) is 3.69. The highest BCUT2D eigenvalue weighted by Gasteiger charge is 2.22. The van der Waals surface area contributed by atoms with E-state index in [9.17, 15) is 4.79 Å². The number of carbonyl (C=O) groups excluding carboxylic acids is 1. The summed E-state index contributed by atoms with van der Waals surface area (Å²) < 4.78 is 3.21. The first-order valence-corrected chi connectivity index (χ1v) is 13.3. The molecule has 2 aromatic heterocycles. The van der Waals surface area contributed by atoms with Gasteiger partial charge in [0.05, 0.1) is 22.0 Å². The third kappa shape index (κ3) is 5.03. The zero-order valence-corrected chi connectivity index (χ0v) is 22.2. The van der Waals surface area contributed by atoms with Gasteiger partial charge in [0.15, 0.2) is 11.0 Å². The van der Waals surface area contributed by atoms with Gasteiger partial charge in [-0.05, 0) is 37.0 Å². The van der Waals surface area contributed by atoms with Gasteiger partial charge in [0, 0.05) is 19.2 Å². The van der Waals surface area contributed by atoms with E-state index in [1.54, 1.807) is 16.2 Å². The molecule has 0 fully saturated rings. The maximum Gasteiger partial charge on any atom is 0.233 e. The number of thiazole rings is 1. The van der Waals surface area contributed by atoms with Crippen LogP contribution in [0.1, 0.15) is 51.2 Å². The molecule has 8 heteroatoms. The van der Waals surface area contributed by atoms with Crippen molar-refractivity contribution < 1.29 is 4.79 Å². The molecule has 0 saturated carbocycles. The predicted molar refractivity (Wildman–Crippen MR) is 141 cm³/mol. The summed E-state index contributed by atoms with van der Waals surface area (Å²) in [6.45, 7) is 11.4. The molecule has 0 spiro atoms. The number of aromatic nitrogens is 4. The van der Waals surface area contributed by atoms with Crippen molar-refractivity contribution in [1.29, 1.82) is 0 Å². The first-order chi connectivity index (χ1) is 16.2. The Kier molecular flexibility index (Phi) is 7.09. The van der Waals surface area contributed by atoms with Gasteiger partial charge in [0.25, 0.3) is 0 Å². The van der Waals surface area contributed by atoms with Crippen molar-refractivity contribution in [3.8, 4) is 11.4 Å². The van der Waals surface area contributed by atoms with Gasteiger partial charge in [-0.25, -0.2) is 4.98 Å². The Hall–Kier alpha value is -2.71. The number of benzene rings is 2. The van der Waals surface area contributed by atoms with Crippen LogP contribution in [0.15, 0.2) is 53.7 Å². The molecule has 4 aromatic rings. The van der Waals surface area contributed by atoms with E-state index in [1.165, 1.54) is 17.3 Å². The average Bonchev–Trinajstić information content (AvgIpc) is 3.45. The minimum atomic E-state index is -0.0913. The summed E-state index contributed by atoms with van der Waals surface area (Å²) in [5.41, 5.74) is 3.39. The largest absolute Gasteiger partial charge is 0.336 e. The SMILES string of the molecule is CCn1c(SCC(=O)N(C)[C@H](C)c2nc3ccccc3s2)nnc1-c1ccc(C(C)(C)C)cc1. The van der Waals surface area contributed by atoms with Gasteiger partial charge in [-0.15, -0.1) is 21.5 Å². The van der Waals surface area contributed by atoms with Gasteiger partial charge in [-0.1, -0.05) is 68.9 Å². The molecule has 178 valence electrons. The number of fused-ring (bicyclic) bond motifs is 1. The second-order valence-corrected chi connectivity index (χ2v) is 11.4. The highest BCUT2D eigenvalue weighted by atomic mass is 32.2. The third-order valence-corrected chi connectivity index (χ3v) is 8.17. The van der Waals surface area contributed by atoms with E-state index in [1.807, 2.05) is 32.2 Å². The highest BCUT2D eigenvalue weighted by Crippen LogP contribution is 2.30. The lowest BCUT2D eigenvalue weighted by Gasteiger charge is -2.23. The van der Waals surface area contributed by atoms with Crippen molar-refractivity contribution in [2.24, 2.45) is 0 Å². The number of amides is 1. The van der Waals surface area contributed by atoms with Crippen LogP contribution in [0, 0.1) is 0 Å². The maximum atomic E-state index is 13.0. The summed E-state index contributed by atoms with van der Waals surface area (Å²) in [5.74, 6) is 1.17. The Labute approximate surface area is 209 Å². The zero-order valence-electron chi connectivity index (χ0n) is 20.6. The molecule has 0 unspecified atom stereocenters. The second-order valence-electron chi connectivity index (χ2n) is 9.37.